The molecule has 2 rings (SSSR count). The molecule has 0 aliphatic rings. The SMILES string of the molecule is COc1cc(C(=O)O)c2[nH]ncc2c1. The summed E-state index contributed by atoms with van der Waals surface area (Å²) in [5.41, 5.74) is 0.676. The van der Waals surface area contributed by atoms with Gasteiger partial charge >= 0.3 is 5.97 Å². The molecule has 0 saturated heterocycles. The molecule has 2 aromatic rings. The zero-order valence-electron chi connectivity index (χ0n) is 7.44. The summed E-state index contributed by atoms with van der Waals surface area (Å²) in [7, 11) is 1.49. The average Bonchev–Trinajstić information content (AvgIpc) is 2.63. The van der Waals surface area contributed by atoms with Crippen molar-refractivity contribution in [2.24, 2.45) is 0 Å². The fourth-order valence-electron chi connectivity index (χ4n) is 1.32. The van der Waals surface area contributed by atoms with Crippen molar-refractivity contribution in [1.29, 1.82) is 0 Å². The second-order valence-electron chi connectivity index (χ2n) is 2.81. The Balaban J connectivity index is 2.76. The number of aromatic carboxylic acids is 1. The van der Waals surface area contributed by atoms with Gasteiger partial charge in [-0.3, -0.25) is 5.10 Å². The Labute approximate surface area is 79.3 Å². The molecule has 0 atom stereocenters. The number of carboxylic acid groups (broad SMARTS) is 1. The van der Waals surface area contributed by atoms with Crippen LogP contribution in [0, 0.1) is 0 Å². The van der Waals surface area contributed by atoms with E-state index in [0.29, 0.717) is 11.3 Å². The number of carbonyl (C=O) groups is 1. The zero-order chi connectivity index (χ0) is 10.1. The number of ether oxygens (including phenoxy) is 1. The van der Waals surface area contributed by atoms with Crippen LogP contribution in [-0.4, -0.2) is 28.4 Å². The highest BCUT2D eigenvalue weighted by atomic mass is 16.5. The predicted octanol–water partition coefficient (Wildman–Crippen LogP) is 1.27. The van der Waals surface area contributed by atoms with Crippen LogP contribution in [-0.2, 0) is 0 Å². The van der Waals surface area contributed by atoms with Gasteiger partial charge in [0, 0.05) is 5.39 Å². The molecule has 2 N–H and O–H groups in total. The number of rotatable bonds is 2. The van der Waals surface area contributed by atoms with Crippen LogP contribution in [0.3, 0.4) is 0 Å². The van der Waals surface area contributed by atoms with E-state index in [4.69, 9.17) is 9.84 Å². The Morgan fingerprint density at radius 1 is 1.57 bits per heavy atom. The molecular weight excluding hydrogens is 184 g/mol. The third kappa shape index (κ3) is 1.19. The van der Waals surface area contributed by atoms with E-state index in [2.05, 4.69) is 10.2 Å². The van der Waals surface area contributed by atoms with Crippen LogP contribution in [0.15, 0.2) is 18.3 Å². The van der Waals surface area contributed by atoms with Gasteiger partial charge in [0.1, 0.15) is 5.75 Å². The van der Waals surface area contributed by atoms with Crippen molar-refractivity contribution in [1.82, 2.24) is 10.2 Å². The first kappa shape index (κ1) is 8.55. The van der Waals surface area contributed by atoms with Crippen molar-refractivity contribution in [3.63, 3.8) is 0 Å². The van der Waals surface area contributed by atoms with Crippen LogP contribution in [0.4, 0.5) is 0 Å². The smallest absolute Gasteiger partial charge is 0.338 e. The van der Waals surface area contributed by atoms with Gasteiger partial charge in [-0.05, 0) is 12.1 Å². The molecule has 14 heavy (non-hydrogen) atoms. The topological polar surface area (TPSA) is 75.2 Å². The van der Waals surface area contributed by atoms with Gasteiger partial charge in [-0.25, -0.2) is 4.79 Å². The van der Waals surface area contributed by atoms with Crippen LogP contribution in [0.5, 0.6) is 5.75 Å². The number of hydrogen-bond acceptors (Lipinski definition) is 3. The van der Waals surface area contributed by atoms with Crippen LogP contribution in [0.2, 0.25) is 0 Å². The van der Waals surface area contributed by atoms with Crippen molar-refractivity contribution in [3.8, 4) is 5.75 Å². The first-order chi connectivity index (χ1) is 6.72. The average molecular weight is 192 g/mol. The number of carboxylic acids is 1. The molecule has 5 heteroatoms. The van der Waals surface area contributed by atoms with Gasteiger partial charge in [0.2, 0.25) is 0 Å². The van der Waals surface area contributed by atoms with Gasteiger partial charge in [0.25, 0.3) is 0 Å². The molecule has 1 aromatic heterocycles. The lowest BCUT2D eigenvalue weighted by Crippen LogP contribution is -1.98. The number of benzene rings is 1. The Hall–Kier alpha value is -2.04. The summed E-state index contributed by atoms with van der Waals surface area (Å²) in [5.74, 6) is -0.491. The molecule has 0 bridgehead atoms. The van der Waals surface area contributed by atoms with Crippen molar-refractivity contribution in [2.75, 3.05) is 7.11 Å². The number of aromatic amines is 1. The fraction of sp³-hybridized carbons (Fsp3) is 0.111. The molecule has 0 unspecified atom stereocenters. The lowest BCUT2D eigenvalue weighted by atomic mass is 10.1. The summed E-state index contributed by atoms with van der Waals surface area (Å²) >= 11 is 0. The Morgan fingerprint density at radius 2 is 2.36 bits per heavy atom. The number of aromatic nitrogens is 2. The van der Waals surface area contributed by atoms with E-state index in [1.165, 1.54) is 13.2 Å². The largest absolute Gasteiger partial charge is 0.497 e. The number of fused-ring (bicyclic) bond motifs is 1. The molecule has 0 aliphatic heterocycles. The summed E-state index contributed by atoms with van der Waals surface area (Å²) < 4.78 is 4.98. The van der Waals surface area contributed by atoms with Crippen LogP contribution < -0.4 is 4.74 Å². The Kier molecular flexibility index (Phi) is 1.85. The van der Waals surface area contributed by atoms with Crippen LogP contribution in [0.1, 0.15) is 10.4 Å². The fourth-order valence-corrected chi connectivity index (χ4v) is 1.32. The van der Waals surface area contributed by atoms with E-state index < -0.39 is 5.97 Å². The normalized spacial score (nSPS) is 10.4. The van der Waals surface area contributed by atoms with Crippen molar-refractivity contribution >= 4 is 16.9 Å². The molecule has 0 spiro atoms. The van der Waals surface area contributed by atoms with Gasteiger partial charge < -0.3 is 9.84 Å². The molecule has 0 radical (unpaired) electrons. The zero-order valence-corrected chi connectivity index (χ0v) is 7.44. The molecule has 5 nitrogen and oxygen atoms in total. The quantitative estimate of drug-likeness (QED) is 0.751. The summed E-state index contributed by atoms with van der Waals surface area (Å²) in [5, 5.41) is 16.1. The minimum absolute atomic E-state index is 0.164. The molecule has 0 saturated carbocycles. The number of methoxy groups -OCH3 is 1. The monoisotopic (exact) mass is 192 g/mol. The van der Waals surface area contributed by atoms with Gasteiger partial charge in [-0.2, -0.15) is 5.10 Å². The standard InChI is InChI=1S/C9H8N2O3/c1-14-6-2-5-4-10-11-8(5)7(3-6)9(12)13/h2-4H,1H3,(H,10,11)(H,12,13). The summed E-state index contributed by atoms with van der Waals surface area (Å²) in [6, 6.07) is 3.19. The number of nitrogens with one attached hydrogen (secondary N) is 1. The van der Waals surface area contributed by atoms with E-state index in [0.717, 1.165) is 5.39 Å². The molecule has 1 aromatic carbocycles. The lowest BCUT2D eigenvalue weighted by molar-refractivity contribution is 0.0698. The van der Waals surface area contributed by atoms with Crippen molar-refractivity contribution < 1.29 is 14.6 Å². The van der Waals surface area contributed by atoms with E-state index in [-0.39, 0.29) is 5.56 Å². The Morgan fingerprint density at radius 3 is 3.00 bits per heavy atom. The summed E-state index contributed by atoms with van der Waals surface area (Å²) in [4.78, 5) is 10.9. The predicted molar refractivity (Wildman–Crippen MR) is 49.6 cm³/mol. The number of nitrogens with zero attached hydrogens (tertiary/aromatic N) is 1. The maximum Gasteiger partial charge on any atom is 0.338 e. The second kappa shape index (κ2) is 3.02. The third-order valence-electron chi connectivity index (χ3n) is 1.99. The molecule has 72 valence electrons. The van der Waals surface area contributed by atoms with Gasteiger partial charge in [0.15, 0.2) is 0 Å². The first-order valence-corrected chi connectivity index (χ1v) is 3.97. The highest BCUT2D eigenvalue weighted by Gasteiger charge is 2.11. The highest BCUT2D eigenvalue weighted by Crippen LogP contribution is 2.23. The Bertz CT molecular complexity index is 490. The van der Waals surface area contributed by atoms with Crippen molar-refractivity contribution in [2.45, 2.75) is 0 Å². The van der Waals surface area contributed by atoms with Gasteiger partial charge in [-0.15, -0.1) is 0 Å². The lowest BCUT2D eigenvalue weighted by Gasteiger charge is -2.02. The van der Waals surface area contributed by atoms with E-state index in [9.17, 15) is 4.79 Å². The maximum absolute atomic E-state index is 10.9. The molecule has 0 aliphatic carbocycles. The summed E-state index contributed by atoms with van der Waals surface area (Å²) in [6.07, 6.45) is 1.56. The molecule has 0 fully saturated rings. The van der Waals surface area contributed by atoms with Gasteiger partial charge in [0.05, 0.1) is 24.4 Å². The summed E-state index contributed by atoms with van der Waals surface area (Å²) in [6.45, 7) is 0. The third-order valence-corrected chi connectivity index (χ3v) is 1.99. The first-order valence-electron chi connectivity index (χ1n) is 3.97. The molecule has 0 amide bonds. The minimum Gasteiger partial charge on any atom is -0.497 e. The minimum atomic E-state index is -1.00. The van der Waals surface area contributed by atoms with E-state index in [1.54, 1.807) is 12.3 Å². The maximum atomic E-state index is 10.9. The van der Waals surface area contributed by atoms with Gasteiger partial charge in [-0.1, -0.05) is 0 Å². The van der Waals surface area contributed by atoms with Crippen molar-refractivity contribution in [3.05, 3.63) is 23.9 Å². The van der Waals surface area contributed by atoms with E-state index in [1.807, 2.05) is 0 Å². The van der Waals surface area contributed by atoms with Crippen LogP contribution >= 0.6 is 0 Å². The van der Waals surface area contributed by atoms with E-state index >= 15 is 0 Å². The molecule has 1 heterocycles. The molecular formula is C9H8N2O3. The number of H-pyrrole nitrogens is 1. The highest BCUT2D eigenvalue weighted by molar-refractivity contribution is 6.02. The van der Waals surface area contributed by atoms with Crippen LogP contribution in [0.25, 0.3) is 10.9 Å². The second-order valence-corrected chi connectivity index (χ2v) is 2.81. The number of hydrogen-bond donors (Lipinski definition) is 2.